The van der Waals surface area contributed by atoms with Crippen LogP contribution in [-0.2, 0) is 0 Å². The molecule has 0 amide bonds. The minimum atomic E-state index is -0.390. The van der Waals surface area contributed by atoms with Crippen LogP contribution in [0.1, 0.15) is 31.7 Å². The molecule has 1 N–H and O–H groups in total. The largest absolute Gasteiger partial charge is 0.331 e. The molecular formula is C14H16ClFN2S2. The van der Waals surface area contributed by atoms with Gasteiger partial charge in [-0.25, -0.2) is 4.39 Å². The summed E-state index contributed by atoms with van der Waals surface area (Å²) in [6.07, 6.45) is 6.89. The van der Waals surface area contributed by atoms with Gasteiger partial charge in [-0.05, 0) is 37.4 Å². The molecule has 3 rings (SSSR count). The van der Waals surface area contributed by atoms with E-state index in [-0.39, 0.29) is 5.02 Å². The average molecular weight is 331 g/mol. The zero-order valence-electron chi connectivity index (χ0n) is 11.2. The molecule has 2 unspecified atom stereocenters. The summed E-state index contributed by atoms with van der Waals surface area (Å²) in [7, 11) is 0. The van der Waals surface area contributed by atoms with Crippen LogP contribution in [0.2, 0.25) is 5.02 Å². The van der Waals surface area contributed by atoms with E-state index in [0.717, 1.165) is 17.5 Å². The highest BCUT2D eigenvalue weighted by Crippen LogP contribution is 2.38. The summed E-state index contributed by atoms with van der Waals surface area (Å²) in [5, 5.41) is 0.666. The van der Waals surface area contributed by atoms with Gasteiger partial charge in [-0.3, -0.25) is 0 Å². The minimum absolute atomic E-state index is 0.131. The molecule has 1 aliphatic rings. The van der Waals surface area contributed by atoms with Crippen molar-refractivity contribution in [1.82, 2.24) is 9.55 Å². The van der Waals surface area contributed by atoms with Crippen molar-refractivity contribution in [2.45, 2.75) is 37.0 Å². The summed E-state index contributed by atoms with van der Waals surface area (Å²) in [5.74, 6) is -0.390. The molecule has 0 radical (unpaired) electrons. The quantitative estimate of drug-likeness (QED) is 0.750. The number of aromatic amines is 1. The molecule has 1 fully saturated rings. The SMILES string of the molecule is CSC1CCCCC1n1c(=S)[nH]c2cc(Cl)c(F)cc21. The van der Waals surface area contributed by atoms with Crippen LogP contribution >= 0.6 is 35.6 Å². The van der Waals surface area contributed by atoms with E-state index >= 15 is 0 Å². The molecule has 6 heteroatoms. The maximum Gasteiger partial charge on any atom is 0.178 e. The van der Waals surface area contributed by atoms with Crippen LogP contribution < -0.4 is 0 Å². The third-order valence-corrected chi connectivity index (χ3v) is 5.80. The lowest BCUT2D eigenvalue weighted by Gasteiger charge is -2.31. The van der Waals surface area contributed by atoms with Gasteiger partial charge < -0.3 is 9.55 Å². The highest BCUT2D eigenvalue weighted by Gasteiger charge is 2.27. The van der Waals surface area contributed by atoms with Gasteiger partial charge in [-0.1, -0.05) is 24.4 Å². The van der Waals surface area contributed by atoms with Crippen molar-refractivity contribution in [3.05, 3.63) is 27.7 Å². The molecule has 2 aromatic rings. The zero-order chi connectivity index (χ0) is 14.3. The number of thioether (sulfide) groups is 1. The first-order valence-electron chi connectivity index (χ1n) is 6.74. The summed E-state index contributed by atoms with van der Waals surface area (Å²) < 4.78 is 16.5. The molecule has 1 saturated carbocycles. The van der Waals surface area contributed by atoms with E-state index in [1.807, 2.05) is 11.8 Å². The monoisotopic (exact) mass is 330 g/mol. The first-order chi connectivity index (χ1) is 9.61. The fraction of sp³-hybridized carbons (Fsp3) is 0.500. The Morgan fingerprint density at radius 3 is 2.90 bits per heavy atom. The van der Waals surface area contributed by atoms with Crippen molar-refractivity contribution in [3.63, 3.8) is 0 Å². The van der Waals surface area contributed by atoms with Crippen LogP contribution in [0.5, 0.6) is 0 Å². The first-order valence-corrected chi connectivity index (χ1v) is 8.81. The standard InChI is InChI=1S/C14H16ClFN2S2/c1-20-13-5-3-2-4-11(13)18-12-7-9(16)8(15)6-10(12)17-14(18)19/h6-7,11,13H,2-5H2,1H3,(H,17,19). The summed E-state index contributed by atoms with van der Waals surface area (Å²) in [6, 6.07) is 3.45. The van der Waals surface area contributed by atoms with Gasteiger partial charge in [-0.2, -0.15) is 11.8 Å². The summed E-state index contributed by atoms with van der Waals surface area (Å²) >= 11 is 13.2. The fourth-order valence-corrected chi connectivity index (χ4v) is 4.58. The molecule has 1 aromatic carbocycles. The van der Waals surface area contributed by atoms with Crippen molar-refractivity contribution in [1.29, 1.82) is 0 Å². The Labute approximate surface area is 131 Å². The number of aromatic nitrogens is 2. The molecule has 20 heavy (non-hydrogen) atoms. The molecule has 0 spiro atoms. The van der Waals surface area contributed by atoms with Crippen molar-refractivity contribution in [3.8, 4) is 0 Å². The molecule has 0 saturated heterocycles. The van der Waals surface area contributed by atoms with Crippen molar-refractivity contribution in [2.75, 3.05) is 6.26 Å². The number of halogens is 2. The summed E-state index contributed by atoms with van der Waals surface area (Å²) in [5.41, 5.74) is 1.63. The Kier molecular flexibility index (Phi) is 4.11. The molecule has 1 aromatic heterocycles. The maximum absolute atomic E-state index is 13.8. The third kappa shape index (κ3) is 2.40. The molecule has 108 valence electrons. The van der Waals surface area contributed by atoms with E-state index in [1.165, 1.54) is 25.3 Å². The molecule has 1 heterocycles. The van der Waals surface area contributed by atoms with Crippen molar-refractivity contribution in [2.24, 2.45) is 0 Å². The second-order valence-corrected chi connectivity index (χ2v) is 7.08. The van der Waals surface area contributed by atoms with Gasteiger partial charge in [0.2, 0.25) is 0 Å². The smallest absolute Gasteiger partial charge is 0.178 e. The van der Waals surface area contributed by atoms with Crippen molar-refractivity contribution < 1.29 is 4.39 Å². The zero-order valence-corrected chi connectivity index (χ0v) is 13.5. The second kappa shape index (κ2) is 5.70. The Balaban J connectivity index is 2.17. The van der Waals surface area contributed by atoms with Gasteiger partial charge >= 0.3 is 0 Å². The van der Waals surface area contributed by atoms with Gasteiger partial charge in [0, 0.05) is 17.4 Å². The minimum Gasteiger partial charge on any atom is -0.331 e. The van der Waals surface area contributed by atoms with Gasteiger partial charge in [-0.15, -0.1) is 0 Å². The van der Waals surface area contributed by atoms with E-state index in [9.17, 15) is 4.39 Å². The number of hydrogen-bond donors (Lipinski definition) is 1. The Morgan fingerprint density at radius 1 is 1.40 bits per heavy atom. The molecule has 1 aliphatic carbocycles. The van der Waals surface area contributed by atoms with E-state index in [0.29, 0.717) is 16.1 Å². The van der Waals surface area contributed by atoms with E-state index in [1.54, 1.807) is 6.07 Å². The van der Waals surface area contributed by atoms with Gasteiger partial charge in [0.1, 0.15) is 5.82 Å². The van der Waals surface area contributed by atoms with Gasteiger partial charge in [0.25, 0.3) is 0 Å². The number of imidazole rings is 1. The van der Waals surface area contributed by atoms with Crippen LogP contribution in [0, 0.1) is 10.6 Å². The number of H-pyrrole nitrogens is 1. The lowest BCUT2D eigenvalue weighted by atomic mass is 9.94. The number of hydrogen-bond acceptors (Lipinski definition) is 2. The van der Waals surface area contributed by atoms with Gasteiger partial charge in [0.15, 0.2) is 4.77 Å². The highest BCUT2D eigenvalue weighted by atomic mass is 35.5. The number of benzene rings is 1. The summed E-state index contributed by atoms with van der Waals surface area (Å²) in [4.78, 5) is 3.15. The molecular weight excluding hydrogens is 315 g/mol. The Bertz CT molecular complexity index is 694. The van der Waals surface area contributed by atoms with E-state index in [2.05, 4.69) is 15.8 Å². The third-order valence-electron chi connectivity index (χ3n) is 4.06. The van der Waals surface area contributed by atoms with Gasteiger partial charge in [0.05, 0.1) is 16.1 Å². The van der Waals surface area contributed by atoms with Crippen LogP contribution in [-0.4, -0.2) is 21.1 Å². The Hall–Kier alpha value is -0.520. The second-order valence-electron chi connectivity index (χ2n) is 5.21. The van der Waals surface area contributed by atoms with Crippen LogP contribution in [0.15, 0.2) is 12.1 Å². The molecule has 0 bridgehead atoms. The number of nitrogens with zero attached hydrogens (tertiary/aromatic N) is 1. The maximum atomic E-state index is 13.8. The molecule has 2 nitrogen and oxygen atoms in total. The lowest BCUT2D eigenvalue weighted by Crippen LogP contribution is -2.25. The lowest BCUT2D eigenvalue weighted by molar-refractivity contribution is 0.368. The van der Waals surface area contributed by atoms with Crippen LogP contribution in [0.4, 0.5) is 4.39 Å². The predicted molar refractivity (Wildman–Crippen MR) is 86.9 cm³/mol. The predicted octanol–water partition coefficient (Wildman–Crippen LogP) is 5.34. The molecule has 0 aliphatic heterocycles. The number of nitrogens with one attached hydrogen (secondary N) is 1. The van der Waals surface area contributed by atoms with Crippen molar-refractivity contribution >= 4 is 46.6 Å². The highest BCUT2D eigenvalue weighted by molar-refractivity contribution is 7.99. The first kappa shape index (κ1) is 14.4. The Morgan fingerprint density at radius 2 is 2.15 bits per heavy atom. The topological polar surface area (TPSA) is 20.7 Å². The normalized spacial score (nSPS) is 23.4. The summed E-state index contributed by atoms with van der Waals surface area (Å²) in [6.45, 7) is 0. The fourth-order valence-electron chi connectivity index (χ4n) is 3.10. The number of rotatable bonds is 2. The van der Waals surface area contributed by atoms with E-state index < -0.39 is 5.82 Å². The number of fused-ring (bicyclic) bond motifs is 1. The molecule has 2 atom stereocenters. The van der Waals surface area contributed by atoms with Crippen LogP contribution in [0.25, 0.3) is 11.0 Å². The average Bonchev–Trinajstić information content (AvgIpc) is 2.74. The van der Waals surface area contributed by atoms with E-state index in [4.69, 9.17) is 23.8 Å². The van der Waals surface area contributed by atoms with Crippen LogP contribution in [0.3, 0.4) is 0 Å².